The highest BCUT2D eigenvalue weighted by Crippen LogP contribution is 2.33. The zero-order valence-electron chi connectivity index (χ0n) is 20.1. The summed E-state index contributed by atoms with van der Waals surface area (Å²) >= 11 is 7.05. The number of methoxy groups -OCH3 is 1. The molecule has 0 aliphatic carbocycles. The third-order valence-corrected chi connectivity index (χ3v) is 9.69. The standard InChI is InChI=1S/C24H24ClF3N4O4S2/c1-36-18-4-2-3-15(11-18)23(33)30-14-19-5-6-21(37-19)38(34,35)32-9-7-17(8-10-32)31-22-20(25)12-16(13-29-22)24(26,27)28/h2-6,11-13,17H,7-10,14H2,1H3,(H,29,31)(H,30,33). The number of rotatable bonds is 8. The molecule has 1 aliphatic rings. The van der Waals surface area contributed by atoms with Crippen LogP contribution in [0.3, 0.4) is 0 Å². The molecule has 0 spiro atoms. The average molecular weight is 589 g/mol. The summed E-state index contributed by atoms with van der Waals surface area (Å²) in [6.07, 6.45) is -2.99. The Morgan fingerprint density at radius 2 is 1.95 bits per heavy atom. The van der Waals surface area contributed by atoms with Crippen LogP contribution in [-0.2, 0) is 22.7 Å². The van der Waals surface area contributed by atoms with Gasteiger partial charge in [-0.1, -0.05) is 17.7 Å². The van der Waals surface area contributed by atoms with Gasteiger partial charge in [-0.25, -0.2) is 13.4 Å². The topological polar surface area (TPSA) is 101 Å². The molecule has 1 aromatic carbocycles. The number of ether oxygens (including phenoxy) is 1. The molecule has 38 heavy (non-hydrogen) atoms. The molecule has 1 saturated heterocycles. The monoisotopic (exact) mass is 588 g/mol. The molecular weight excluding hydrogens is 565 g/mol. The summed E-state index contributed by atoms with van der Waals surface area (Å²) in [6, 6.07) is 10.5. The molecule has 4 rings (SSSR count). The normalized spacial score (nSPS) is 15.3. The largest absolute Gasteiger partial charge is 0.497 e. The van der Waals surface area contributed by atoms with Crippen molar-refractivity contribution in [2.45, 2.75) is 35.8 Å². The minimum Gasteiger partial charge on any atom is -0.497 e. The van der Waals surface area contributed by atoms with E-state index in [1.807, 2.05) is 0 Å². The molecule has 3 aromatic rings. The molecular formula is C24H24ClF3N4O4S2. The van der Waals surface area contributed by atoms with Crippen LogP contribution in [0.5, 0.6) is 5.75 Å². The average Bonchev–Trinajstić information content (AvgIpc) is 3.38. The number of anilines is 1. The first kappa shape index (κ1) is 28.1. The van der Waals surface area contributed by atoms with E-state index in [9.17, 15) is 26.4 Å². The molecule has 8 nitrogen and oxygen atoms in total. The Hall–Kier alpha value is -2.87. The second-order valence-corrected chi connectivity index (χ2v) is 12.3. The van der Waals surface area contributed by atoms with Crippen molar-refractivity contribution in [2.75, 3.05) is 25.5 Å². The molecule has 2 aromatic heterocycles. The lowest BCUT2D eigenvalue weighted by Crippen LogP contribution is -2.42. The molecule has 2 N–H and O–H groups in total. The van der Waals surface area contributed by atoms with Crippen molar-refractivity contribution >= 4 is 44.7 Å². The van der Waals surface area contributed by atoms with Crippen LogP contribution in [0.25, 0.3) is 0 Å². The van der Waals surface area contributed by atoms with Crippen molar-refractivity contribution in [3.05, 3.63) is 69.7 Å². The van der Waals surface area contributed by atoms with Gasteiger partial charge in [0.1, 0.15) is 15.8 Å². The van der Waals surface area contributed by atoms with Gasteiger partial charge in [0.05, 0.1) is 24.2 Å². The Kier molecular flexibility index (Phi) is 8.50. The fourth-order valence-electron chi connectivity index (χ4n) is 3.89. The number of carbonyl (C=O) groups excluding carboxylic acids is 1. The number of aromatic nitrogens is 1. The number of halogens is 4. The maximum Gasteiger partial charge on any atom is 0.417 e. The van der Waals surface area contributed by atoms with Gasteiger partial charge in [0, 0.05) is 35.8 Å². The molecule has 3 heterocycles. The lowest BCUT2D eigenvalue weighted by atomic mass is 10.1. The molecule has 204 valence electrons. The molecule has 0 bridgehead atoms. The number of pyridine rings is 1. The number of hydrogen-bond acceptors (Lipinski definition) is 7. The van der Waals surface area contributed by atoms with Gasteiger partial charge in [0.2, 0.25) is 0 Å². The number of alkyl halides is 3. The van der Waals surface area contributed by atoms with E-state index in [2.05, 4.69) is 15.6 Å². The van der Waals surface area contributed by atoms with Crippen molar-refractivity contribution < 1.29 is 31.1 Å². The number of carbonyl (C=O) groups is 1. The SMILES string of the molecule is COc1cccc(C(=O)NCc2ccc(S(=O)(=O)N3CCC(Nc4ncc(C(F)(F)F)cc4Cl)CC3)s2)c1. The summed E-state index contributed by atoms with van der Waals surface area (Å²) in [7, 11) is -2.23. The van der Waals surface area contributed by atoms with Gasteiger partial charge >= 0.3 is 6.18 Å². The second kappa shape index (κ2) is 11.5. The second-order valence-electron chi connectivity index (χ2n) is 8.51. The Labute approximate surface area is 226 Å². The number of nitrogens with zero attached hydrogens (tertiary/aromatic N) is 2. The number of sulfonamides is 1. The first-order valence-corrected chi connectivity index (χ1v) is 14.1. The molecule has 14 heteroatoms. The van der Waals surface area contributed by atoms with Gasteiger partial charge in [-0.2, -0.15) is 17.5 Å². The Morgan fingerprint density at radius 3 is 2.61 bits per heavy atom. The van der Waals surface area contributed by atoms with Crippen molar-refractivity contribution in [1.29, 1.82) is 0 Å². The maximum atomic E-state index is 13.2. The smallest absolute Gasteiger partial charge is 0.417 e. The van der Waals surface area contributed by atoms with Crippen LogP contribution in [-0.4, -0.2) is 49.9 Å². The minimum atomic E-state index is -4.54. The van der Waals surface area contributed by atoms with E-state index >= 15 is 0 Å². The lowest BCUT2D eigenvalue weighted by Gasteiger charge is -2.31. The van der Waals surface area contributed by atoms with E-state index < -0.39 is 21.8 Å². The zero-order chi connectivity index (χ0) is 27.5. The summed E-state index contributed by atoms with van der Waals surface area (Å²) in [5, 5.41) is 5.64. The number of nitrogens with one attached hydrogen (secondary N) is 2. The van der Waals surface area contributed by atoms with Crippen LogP contribution in [0.1, 0.15) is 33.6 Å². The quantitative estimate of drug-likeness (QED) is 0.383. The fraction of sp³-hybridized carbons (Fsp3) is 0.333. The number of thiophene rings is 1. The van der Waals surface area contributed by atoms with Crippen LogP contribution in [0.15, 0.2) is 52.9 Å². The number of hydrogen-bond donors (Lipinski definition) is 2. The van der Waals surface area contributed by atoms with Gasteiger partial charge in [0.25, 0.3) is 15.9 Å². The summed E-state index contributed by atoms with van der Waals surface area (Å²) in [5.41, 5.74) is -0.512. The van der Waals surface area contributed by atoms with Crippen LogP contribution >= 0.6 is 22.9 Å². The van der Waals surface area contributed by atoms with Crippen LogP contribution in [0.2, 0.25) is 5.02 Å². The Morgan fingerprint density at radius 1 is 1.21 bits per heavy atom. The van der Waals surface area contributed by atoms with Crippen molar-refractivity contribution in [3.63, 3.8) is 0 Å². The summed E-state index contributed by atoms with van der Waals surface area (Å²) in [4.78, 5) is 16.9. The van der Waals surface area contributed by atoms with Gasteiger partial charge in [-0.15, -0.1) is 11.3 Å². The zero-order valence-corrected chi connectivity index (χ0v) is 22.5. The molecule has 0 saturated carbocycles. The van der Waals surface area contributed by atoms with E-state index in [0.717, 1.165) is 17.4 Å². The highest BCUT2D eigenvalue weighted by Gasteiger charge is 2.33. The van der Waals surface area contributed by atoms with Crippen molar-refractivity contribution in [3.8, 4) is 5.75 Å². The van der Waals surface area contributed by atoms with Crippen molar-refractivity contribution in [1.82, 2.24) is 14.6 Å². The van der Waals surface area contributed by atoms with Crippen LogP contribution in [0, 0.1) is 0 Å². The van der Waals surface area contributed by atoms with Gasteiger partial charge < -0.3 is 15.4 Å². The Balaban J connectivity index is 1.32. The van der Waals surface area contributed by atoms with E-state index in [4.69, 9.17) is 16.3 Å². The first-order chi connectivity index (χ1) is 18.0. The van der Waals surface area contributed by atoms with Crippen LogP contribution < -0.4 is 15.4 Å². The predicted molar refractivity (Wildman–Crippen MR) is 138 cm³/mol. The van der Waals surface area contributed by atoms with Gasteiger partial charge in [-0.3, -0.25) is 4.79 Å². The predicted octanol–water partition coefficient (Wildman–Crippen LogP) is 5.02. The summed E-state index contributed by atoms with van der Waals surface area (Å²) in [6.45, 7) is 0.610. The number of amides is 1. The van der Waals surface area contributed by atoms with Gasteiger partial charge in [0.15, 0.2) is 0 Å². The summed E-state index contributed by atoms with van der Waals surface area (Å²) < 4.78 is 71.5. The third kappa shape index (κ3) is 6.57. The van der Waals surface area contributed by atoms with Gasteiger partial charge in [-0.05, 0) is 49.2 Å². The molecule has 1 fully saturated rings. The van der Waals surface area contributed by atoms with E-state index in [0.29, 0.717) is 35.2 Å². The third-order valence-electron chi connectivity index (χ3n) is 5.95. The van der Waals surface area contributed by atoms with E-state index in [1.54, 1.807) is 30.3 Å². The number of benzene rings is 1. The minimum absolute atomic E-state index is 0.125. The molecule has 0 radical (unpaired) electrons. The fourth-order valence-corrected chi connectivity index (χ4v) is 7.03. The highest BCUT2D eigenvalue weighted by atomic mass is 35.5. The number of piperidine rings is 1. The van der Waals surface area contributed by atoms with Crippen LogP contribution in [0.4, 0.5) is 19.0 Å². The van der Waals surface area contributed by atoms with Crippen molar-refractivity contribution in [2.24, 2.45) is 0 Å². The highest BCUT2D eigenvalue weighted by molar-refractivity contribution is 7.91. The molecule has 1 aliphatic heterocycles. The molecule has 0 atom stereocenters. The lowest BCUT2D eigenvalue weighted by molar-refractivity contribution is -0.137. The first-order valence-electron chi connectivity index (χ1n) is 11.5. The maximum absolute atomic E-state index is 13.2. The van der Waals surface area contributed by atoms with E-state index in [1.165, 1.54) is 17.5 Å². The van der Waals surface area contributed by atoms with E-state index in [-0.39, 0.29) is 46.6 Å². The molecule has 0 unspecified atom stereocenters. The summed E-state index contributed by atoms with van der Waals surface area (Å²) in [5.74, 6) is 0.374. The molecule has 1 amide bonds. The Bertz CT molecular complexity index is 1410.